The Kier molecular flexibility index (Phi) is 4.42. The first-order valence-electron chi connectivity index (χ1n) is 11.2. The van der Waals surface area contributed by atoms with Crippen LogP contribution in [0.2, 0.25) is 0 Å². The Bertz CT molecular complexity index is 1680. The first-order chi connectivity index (χ1) is 15.9. The SMILES string of the molecule is [B]C([B])(c1ccc2c(-c3ccc4c(c3)oc3cc5ccccc5cc34)nccc2c1)C(C)C. The van der Waals surface area contributed by atoms with Gasteiger partial charge in [0.1, 0.15) is 11.2 Å². The van der Waals surface area contributed by atoms with Crippen LogP contribution in [0.4, 0.5) is 0 Å². The van der Waals surface area contributed by atoms with E-state index in [2.05, 4.69) is 60.7 Å². The fourth-order valence-electron chi connectivity index (χ4n) is 4.62. The lowest BCUT2D eigenvalue weighted by Crippen LogP contribution is -2.33. The highest BCUT2D eigenvalue weighted by molar-refractivity contribution is 6.40. The summed E-state index contributed by atoms with van der Waals surface area (Å²) < 4.78 is 6.26. The quantitative estimate of drug-likeness (QED) is 0.285. The average Bonchev–Trinajstić information content (AvgIpc) is 3.18. The molecule has 2 nitrogen and oxygen atoms in total. The third kappa shape index (κ3) is 3.16. The van der Waals surface area contributed by atoms with Crippen molar-refractivity contribution in [3.8, 4) is 11.3 Å². The van der Waals surface area contributed by atoms with Crippen molar-refractivity contribution in [2.24, 2.45) is 5.92 Å². The minimum Gasteiger partial charge on any atom is -0.456 e. The molecular weight excluding hydrogens is 400 g/mol. The van der Waals surface area contributed by atoms with Gasteiger partial charge in [-0.05, 0) is 46.5 Å². The van der Waals surface area contributed by atoms with Gasteiger partial charge in [-0.2, -0.15) is 0 Å². The van der Waals surface area contributed by atoms with Crippen molar-refractivity contribution >= 4 is 59.2 Å². The van der Waals surface area contributed by atoms with Crippen molar-refractivity contribution < 1.29 is 4.42 Å². The lowest BCUT2D eigenvalue weighted by atomic mass is 9.46. The lowest BCUT2D eigenvalue weighted by molar-refractivity contribution is 0.571. The molecule has 0 aliphatic carbocycles. The topological polar surface area (TPSA) is 26.0 Å². The van der Waals surface area contributed by atoms with E-state index in [1.807, 2.05) is 38.2 Å². The first-order valence-corrected chi connectivity index (χ1v) is 11.2. The summed E-state index contributed by atoms with van der Waals surface area (Å²) in [6.07, 6.45) is 1.83. The Balaban J connectivity index is 1.51. The van der Waals surface area contributed by atoms with E-state index >= 15 is 0 Å². The normalized spacial score (nSPS) is 12.5. The number of hydrogen-bond acceptors (Lipinski definition) is 2. The molecule has 0 N–H and O–H groups in total. The fraction of sp³-hybridized carbons (Fsp3) is 0.138. The van der Waals surface area contributed by atoms with E-state index in [4.69, 9.17) is 25.1 Å². The summed E-state index contributed by atoms with van der Waals surface area (Å²) in [5, 5.41) is 5.86. The monoisotopic (exact) mass is 421 g/mol. The van der Waals surface area contributed by atoms with Gasteiger partial charge in [0.15, 0.2) is 0 Å². The second-order valence-electron chi connectivity index (χ2n) is 9.19. The molecule has 6 aromatic rings. The van der Waals surface area contributed by atoms with Gasteiger partial charge in [-0.15, -0.1) is 0 Å². The minimum atomic E-state index is -0.881. The van der Waals surface area contributed by atoms with E-state index in [-0.39, 0.29) is 5.92 Å². The maximum absolute atomic E-state index is 6.41. The smallest absolute Gasteiger partial charge is 0.136 e. The minimum absolute atomic E-state index is 0.114. The van der Waals surface area contributed by atoms with E-state index in [0.717, 1.165) is 49.5 Å². The van der Waals surface area contributed by atoms with Crippen LogP contribution in [0, 0.1) is 5.92 Å². The molecule has 0 saturated heterocycles. The summed E-state index contributed by atoms with van der Waals surface area (Å²) in [4.78, 5) is 4.71. The molecule has 33 heavy (non-hydrogen) atoms. The van der Waals surface area contributed by atoms with E-state index in [9.17, 15) is 0 Å². The summed E-state index contributed by atoms with van der Waals surface area (Å²) in [6, 6.07) is 27.2. The van der Waals surface area contributed by atoms with Crippen LogP contribution in [0.3, 0.4) is 0 Å². The molecular formula is C29H21B2NO. The number of aromatic nitrogens is 1. The molecule has 0 bridgehead atoms. The summed E-state index contributed by atoms with van der Waals surface area (Å²) in [5.74, 6) is 0.114. The number of benzene rings is 4. The first kappa shape index (κ1) is 20.1. The third-order valence-electron chi connectivity index (χ3n) is 6.83. The Morgan fingerprint density at radius 3 is 2.24 bits per heavy atom. The van der Waals surface area contributed by atoms with Crippen LogP contribution < -0.4 is 0 Å². The van der Waals surface area contributed by atoms with Gasteiger partial charge in [-0.3, -0.25) is 4.98 Å². The van der Waals surface area contributed by atoms with Crippen LogP contribution in [0.15, 0.2) is 89.5 Å². The maximum Gasteiger partial charge on any atom is 0.136 e. The van der Waals surface area contributed by atoms with Crippen molar-refractivity contribution in [1.82, 2.24) is 4.98 Å². The molecule has 0 unspecified atom stereocenters. The molecule has 2 heterocycles. The Hall–Kier alpha value is -3.52. The Morgan fingerprint density at radius 2 is 1.45 bits per heavy atom. The highest BCUT2D eigenvalue weighted by Gasteiger charge is 2.24. The van der Waals surface area contributed by atoms with E-state index in [1.165, 1.54) is 10.8 Å². The van der Waals surface area contributed by atoms with Crippen molar-refractivity contribution in [1.29, 1.82) is 0 Å². The summed E-state index contributed by atoms with van der Waals surface area (Å²) in [6.45, 7) is 4.07. The van der Waals surface area contributed by atoms with Gasteiger partial charge in [-0.1, -0.05) is 79.1 Å². The van der Waals surface area contributed by atoms with Crippen LogP contribution in [-0.2, 0) is 5.21 Å². The zero-order valence-electron chi connectivity index (χ0n) is 18.7. The van der Waals surface area contributed by atoms with Crippen molar-refractivity contribution in [2.45, 2.75) is 19.1 Å². The molecule has 0 fully saturated rings. The molecule has 4 heteroatoms. The number of nitrogens with zero attached hydrogens (tertiary/aromatic N) is 1. The Labute approximate surface area is 195 Å². The zero-order chi connectivity index (χ0) is 22.7. The number of rotatable bonds is 3. The van der Waals surface area contributed by atoms with Crippen LogP contribution in [-0.4, -0.2) is 20.7 Å². The second-order valence-corrected chi connectivity index (χ2v) is 9.19. The number of hydrogen-bond donors (Lipinski definition) is 0. The van der Waals surface area contributed by atoms with Crippen LogP contribution in [0.5, 0.6) is 0 Å². The van der Waals surface area contributed by atoms with Crippen LogP contribution in [0.1, 0.15) is 19.4 Å². The molecule has 0 aliphatic heterocycles. The van der Waals surface area contributed by atoms with Gasteiger partial charge >= 0.3 is 0 Å². The summed E-state index contributed by atoms with van der Waals surface area (Å²) >= 11 is 0. The molecule has 4 radical (unpaired) electrons. The number of pyridine rings is 1. The predicted molar refractivity (Wildman–Crippen MR) is 140 cm³/mol. The summed E-state index contributed by atoms with van der Waals surface area (Å²) in [7, 11) is 12.8. The third-order valence-corrected chi connectivity index (χ3v) is 6.83. The molecule has 2 aromatic heterocycles. The van der Waals surface area contributed by atoms with E-state index in [1.54, 1.807) is 0 Å². The molecule has 6 rings (SSSR count). The van der Waals surface area contributed by atoms with Crippen LogP contribution in [0.25, 0.3) is 54.7 Å². The average molecular weight is 421 g/mol. The van der Waals surface area contributed by atoms with Crippen molar-refractivity contribution in [2.75, 3.05) is 0 Å². The summed E-state index contributed by atoms with van der Waals surface area (Å²) in [5.41, 5.74) is 4.60. The van der Waals surface area contributed by atoms with Crippen molar-refractivity contribution in [3.05, 3.63) is 90.6 Å². The predicted octanol–water partition coefficient (Wildman–Crippen LogP) is 7.10. The molecule has 4 aromatic carbocycles. The van der Waals surface area contributed by atoms with Gasteiger partial charge in [0.2, 0.25) is 0 Å². The van der Waals surface area contributed by atoms with E-state index < -0.39 is 5.21 Å². The molecule has 0 aliphatic rings. The Morgan fingerprint density at radius 1 is 0.727 bits per heavy atom. The molecule has 154 valence electrons. The lowest BCUT2D eigenvalue weighted by Gasteiger charge is -2.31. The number of fused-ring (bicyclic) bond motifs is 5. The number of furan rings is 1. The maximum atomic E-state index is 6.41. The van der Waals surface area contributed by atoms with Gasteiger partial charge in [-0.25, -0.2) is 0 Å². The zero-order valence-corrected chi connectivity index (χ0v) is 18.7. The molecule has 0 atom stereocenters. The van der Waals surface area contributed by atoms with Crippen LogP contribution >= 0.6 is 0 Å². The van der Waals surface area contributed by atoms with Gasteiger partial charge in [0, 0.05) is 27.9 Å². The fourth-order valence-corrected chi connectivity index (χ4v) is 4.62. The van der Waals surface area contributed by atoms with Crippen molar-refractivity contribution in [3.63, 3.8) is 0 Å². The molecule has 0 amide bonds. The van der Waals surface area contributed by atoms with Gasteiger partial charge < -0.3 is 4.42 Å². The van der Waals surface area contributed by atoms with Gasteiger partial charge in [0.25, 0.3) is 0 Å². The highest BCUT2D eigenvalue weighted by Crippen LogP contribution is 2.36. The standard InChI is InChI=1S/C29H21B2NO/c1-17(2)29(30,31)22-8-10-23-20(13-22)11-12-32-28(23)21-7-9-24-25-14-18-5-3-4-6-19(18)15-27(25)33-26(24)16-21/h3-17H,1-2H3. The second kappa shape index (κ2) is 7.25. The van der Waals surface area contributed by atoms with E-state index in [0.29, 0.717) is 0 Å². The highest BCUT2D eigenvalue weighted by atomic mass is 16.3. The van der Waals surface area contributed by atoms with Gasteiger partial charge in [0.05, 0.1) is 21.4 Å². The molecule has 0 saturated carbocycles. The molecule has 0 spiro atoms. The largest absolute Gasteiger partial charge is 0.456 e.